The van der Waals surface area contributed by atoms with Gasteiger partial charge in [0.05, 0.1) is 0 Å². The fourth-order valence-corrected chi connectivity index (χ4v) is 1.64. The van der Waals surface area contributed by atoms with Crippen molar-refractivity contribution < 1.29 is 14.3 Å². The first-order valence-corrected chi connectivity index (χ1v) is 6.95. The third kappa shape index (κ3) is 6.00. The van der Waals surface area contributed by atoms with Gasteiger partial charge in [0, 0.05) is 10.6 Å². The Morgan fingerprint density at radius 3 is 2.29 bits per heavy atom. The lowest BCUT2D eigenvalue weighted by molar-refractivity contribution is -0.141. The normalized spacial score (nSPS) is 10.9. The van der Waals surface area contributed by atoms with E-state index in [0.29, 0.717) is 5.56 Å². The van der Waals surface area contributed by atoms with E-state index in [1.807, 2.05) is 12.1 Å². The summed E-state index contributed by atoms with van der Waals surface area (Å²) in [6, 6.07) is 7.29. The number of carbonyl (C=O) groups is 2. The highest BCUT2D eigenvalue weighted by Crippen LogP contribution is 2.22. The molecule has 0 aliphatic carbocycles. The van der Waals surface area contributed by atoms with E-state index in [1.165, 1.54) is 0 Å². The molecule has 4 nitrogen and oxygen atoms in total. The van der Waals surface area contributed by atoms with Crippen LogP contribution in [-0.4, -0.2) is 25.0 Å². The van der Waals surface area contributed by atoms with Crippen molar-refractivity contribution in [3.8, 4) is 0 Å². The molecule has 114 valence electrons. The summed E-state index contributed by atoms with van der Waals surface area (Å²) in [5.74, 6) is -0.881. The van der Waals surface area contributed by atoms with E-state index < -0.39 is 5.97 Å². The highest BCUT2D eigenvalue weighted by atomic mass is 35.5. The monoisotopic (exact) mass is 309 g/mol. The van der Waals surface area contributed by atoms with Crippen LogP contribution in [0.25, 0.3) is 0 Å². The fraction of sp³-hybridized carbons (Fsp3) is 0.375. The largest absolute Gasteiger partial charge is 0.459 e. The number of esters is 1. The Morgan fingerprint density at radius 1 is 1.24 bits per heavy atom. The van der Waals surface area contributed by atoms with Crippen LogP contribution in [0.5, 0.6) is 0 Å². The summed E-state index contributed by atoms with van der Waals surface area (Å²) in [5.41, 5.74) is 1.67. The van der Waals surface area contributed by atoms with Crippen LogP contribution in [0.4, 0.5) is 0 Å². The van der Waals surface area contributed by atoms with Crippen LogP contribution < -0.4 is 5.32 Å². The average molecular weight is 310 g/mol. The average Bonchev–Trinajstić information content (AvgIpc) is 2.41. The van der Waals surface area contributed by atoms with E-state index in [2.05, 4.69) is 32.7 Å². The van der Waals surface area contributed by atoms with Gasteiger partial charge in [-0.2, -0.15) is 0 Å². The molecule has 1 N–H and O–H groups in total. The minimum absolute atomic E-state index is 0.0305. The van der Waals surface area contributed by atoms with Gasteiger partial charge in [0.15, 0.2) is 0 Å². The summed E-state index contributed by atoms with van der Waals surface area (Å²) in [7, 11) is 0. The second-order valence-electron chi connectivity index (χ2n) is 5.69. The highest BCUT2D eigenvalue weighted by molar-refractivity contribution is 6.29. The number of hydrogen-bond acceptors (Lipinski definition) is 3. The molecule has 0 aliphatic rings. The summed E-state index contributed by atoms with van der Waals surface area (Å²) in [6.45, 7) is 9.44. The summed E-state index contributed by atoms with van der Waals surface area (Å²) in [6.07, 6.45) is 0. The number of ether oxygens (including phenoxy) is 1. The number of hydrogen-bond donors (Lipinski definition) is 1. The first kappa shape index (κ1) is 17.2. The predicted molar refractivity (Wildman–Crippen MR) is 83.4 cm³/mol. The standard InChI is InChI=1S/C16H20ClNO3/c1-11(17)10-21-14(19)9-18-15(20)12-5-7-13(8-6-12)16(2,3)4/h5-8H,1,9-10H2,2-4H3,(H,18,20). The molecule has 0 saturated carbocycles. The number of carbonyl (C=O) groups excluding carboxylic acids is 2. The molecular formula is C16H20ClNO3. The lowest BCUT2D eigenvalue weighted by Gasteiger charge is -2.19. The van der Waals surface area contributed by atoms with Crippen molar-refractivity contribution in [1.29, 1.82) is 0 Å². The van der Waals surface area contributed by atoms with Gasteiger partial charge >= 0.3 is 5.97 Å². The van der Waals surface area contributed by atoms with Crippen molar-refractivity contribution in [1.82, 2.24) is 5.32 Å². The fourth-order valence-electron chi connectivity index (χ4n) is 1.59. The molecule has 0 unspecified atom stereocenters. The molecule has 0 aromatic heterocycles. The second-order valence-corrected chi connectivity index (χ2v) is 6.22. The summed E-state index contributed by atoms with van der Waals surface area (Å²) in [5, 5.41) is 2.72. The second kappa shape index (κ2) is 7.27. The summed E-state index contributed by atoms with van der Waals surface area (Å²) in [4.78, 5) is 23.2. The van der Waals surface area contributed by atoms with Gasteiger partial charge < -0.3 is 10.1 Å². The maximum Gasteiger partial charge on any atom is 0.325 e. The summed E-state index contributed by atoms with van der Waals surface area (Å²) >= 11 is 5.47. The first-order chi connectivity index (χ1) is 9.70. The van der Waals surface area contributed by atoms with Crippen LogP contribution in [0.3, 0.4) is 0 Å². The van der Waals surface area contributed by atoms with Crippen molar-refractivity contribution in [2.24, 2.45) is 0 Å². The van der Waals surface area contributed by atoms with Gasteiger partial charge in [-0.15, -0.1) is 0 Å². The van der Waals surface area contributed by atoms with Crippen LogP contribution in [0.2, 0.25) is 0 Å². The highest BCUT2D eigenvalue weighted by Gasteiger charge is 2.14. The Labute approximate surface area is 130 Å². The molecule has 0 saturated heterocycles. The molecule has 0 atom stereocenters. The maximum absolute atomic E-state index is 11.9. The number of rotatable bonds is 5. The first-order valence-electron chi connectivity index (χ1n) is 6.58. The van der Waals surface area contributed by atoms with E-state index in [9.17, 15) is 9.59 Å². The molecule has 0 aliphatic heterocycles. The molecular weight excluding hydrogens is 290 g/mol. The van der Waals surface area contributed by atoms with Crippen molar-refractivity contribution in [3.05, 3.63) is 47.0 Å². The number of amides is 1. The molecule has 21 heavy (non-hydrogen) atoms. The van der Waals surface area contributed by atoms with Gasteiger partial charge in [-0.1, -0.05) is 51.1 Å². The van der Waals surface area contributed by atoms with Crippen LogP contribution in [0.15, 0.2) is 35.9 Å². The third-order valence-corrected chi connectivity index (χ3v) is 2.91. The quantitative estimate of drug-likeness (QED) is 0.851. The molecule has 0 spiro atoms. The molecule has 1 amide bonds. The Morgan fingerprint density at radius 2 is 1.81 bits per heavy atom. The Balaban J connectivity index is 2.53. The molecule has 0 bridgehead atoms. The lowest BCUT2D eigenvalue weighted by Crippen LogP contribution is -2.30. The van der Waals surface area contributed by atoms with Crippen LogP contribution in [0, 0.1) is 0 Å². The smallest absolute Gasteiger partial charge is 0.325 e. The van der Waals surface area contributed by atoms with Crippen LogP contribution in [-0.2, 0) is 14.9 Å². The SMILES string of the molecule is C=C(Cl)COC(=O)CNC(=O)c1ccc(C(C)(C)C)cc1. The zero-order chi connectivity index (χ0) is 16.0. The Kier molecular flexibility index (Phi) is 5.97. The van der Waals surface area contributed by atoms with Gasteiger partial charge in [0.1, 0.15) is 13.2 Å². The van der Waals surface area contributed by atoms with Gasteiger partial charge in [-0.25, -0.2) is 0 Å². The van der Waals surface area contributed by atoms with E-state index in [1.54, 1.807) is 12.1 Å². The van der Waals surface area contributed by atoms with E-state index >= 15 is 0 Å². The molecule has 1 aromatic carbocycles. The van der Waals surface area contributed by atoms with Gasteiger partial charge in [-0.05, 0) is 23.1 Å². The third-order valence-electron chi connectivity index (χ3n) is 2.80. The Bertz CT molecular complexity index is 529. The van der Waals surface area contributed by atoms with Crippen molar-refractivity contribution in [2.45, 2.75) is 26.2 Å². The van der Waals surface area contributed by atoms with Gasteiger partial charge in [0.25, 0.3) is 5.91 Å². The van der Waals surface area contributed by atoms with Crippen molar-refractivity contribution in [3.63, 3.8) is 0 Å². The molecule has 0 radical (unpaired) electrons. The number of halogens is 1. The van der Waals surface area contributed by atoms with Gasteiger partial charge in [-0.3, -0.25) is 9.59 Å². The zero-order valence-corrected chi connectivity index (χ0v) is 13.3. The van der Waals surface area contributed by atoms with Gasteiger partial charge in [0.2, 0.25) is 0 Å². The minimum Gasteiger partial charge on any atom is -0.459 e. The number of benzene rings is 1. The number of nitrogens with one attached hydrogen (secondary N) is 1. The molecule has 0 fully saturated rings. The van der Waals surface area contributed by atoms with Crippen molar-refractivity contribution in [2.75, 3.05) is 13.2 Å². The van der Waals surface area contributed by atoms with Crippen LogP contribution in [0.1, 0.15) is 36.7 Å². The molecule has 1 aromatic rings. The Hall–Kier alpha value is -1.81. The molecule has 5 heteroatoms. The topological polar surface area (TPSA) is 55.4 Å². The predicted octanol–water partition coefficient (Wildman–Crippen LogP) is 3.01. The molecule has 1 rings (SSSR count). The van der Waals surface area contributed by atoms with E-state index in [-0.39, 0.29) is 29.5 Å². The maximum atomic E-state index is 11.9. The summed E-state index contributed by atoms with van der Waals surface area (Å²) < 4.78 is 4.77. The minimum atomic E-state index is -0.559. The zero-order valence-electron chi connectivity index (χ0n) is 12.5. The molecule has 0 heterocycles. The van der Waals surface area contributed by atoms with Crippen LogP contribution >= 0.6 is 11.6 Å². The lowest BCUT2D eigenvalue weighted by atomic mass is 9.87. The van der Waals surface area contributed by atoms with Crippen molar-refractivity contribution >= 4 is 23.5 Å². The van der Waals surface area contributed by atoms with E-state index in [0.717, 1.165) is 5.56 Å². The van der Waals surface area contributed by atoms with E-state index in [4.69, 9.17) is 16.3 Å².